The first-order valence-electron chi connectivity index (χ1n) is 9.89. The molecular formula is C22H20F6N2O4. The number of primary amides is 1. The highest BCUT2D eigenvalue weighted by atomic mass is 19.4. The zero-order valence-corrected chi connectivity index (χ0v) is 18.1. The van der Waals surface area contributed by atoms with Crippen LogP contribution in [-0.2, 0) is 9.53 Å². The number of hydrogen-bond acceptors (Lipinski definition) is 4. The zero-order chi connectivity index (χ0) is 25.6. The molecule has 0 unspecified atom stereocenters. The molecule has 2 amide bonds. The maximum Gasteiger partial charge on any atom is 0.417 e. The van der Waals surface area contributed by atoms with E-state index in [2.05, 4.69) is 5.32 Å². The van der Waals surface area contributed by atoms with E-state index in [1.807, 2.05) is 0 Å². The van der Waals surface area contributed by atoms with Crippen molar-refractivity contribution < 1.29 is 45.4 Å². The molecule has 0 aromatic heterocycles. The summed E-state index contributed by atoms with van der Waals surface area (Å²) in [5, 5.41) is 2.26. The molecule has 6 nitrogen and oxygen atoms in total. The number of methoxy groups -OCH3 is 1. The minimum Gasteiger partial charge on any atom is -0.493 e. The van der Waals surface area contributed by atoms with Crippen molar-refractivity contribution in [2.75, 3.05) is 12.4 Å². The van der Waals surface area contributed by atoms with Gasteiger partial charge in [0.1, 0.15) is 11.9 Å². The molecule has 1 aliphatic heterocycles. The first-order valence-corrected chi connectivity index (χ1v) is 9.89. The Balaban J connectivity index is 2.08. The molecule has 0 radical (unpaired) electrons. The van der Waals surface area contributed by atoms with Crippen LogP contribution in [0.2, 0.25) is 0 Å². The summed E-state index contributed by atoms with van der Waals surface area (Å²) in [5.41, 5.74) is 1.32. The van der Waals surface area contributed by atoms with Gasteiger partial charge in [0.2, 0.25) is 5.82 Å². The first kappa shape index (κ1) is 25.3. The van der Waals surface area contributed by atoms with Crippen LogP contribution in [0.3, 0.4) is 0 Å². The van der Waals surface area contributed by atoms with Gasteiger partial charge in [-0.25, -0.2) is 8.78 Å². The molecule has 0 aliphatic carbocycles. The van der Waals surface area contributed by atoms with Crippen molar-refractivity contribution in [3.8, 4) is 5.75 Å². The Morgan fingerprint density at radius 3 is 2.29 bits per heavy atom. The number of nitrogens with two attached hydrogens (primary N) is 1. The highest BCUT2D eigenvalue weighted by molar-refractivity contribution is 5.98. The van der Waals surface area contributed by atoms with Crippen LogP contribution in [0.15, 0.2) is 30.3 Å². The third-order valence-electron chi connectivity index (χ3n) is 6.07. The molecule has 1 heterocycles. The van der Waals surface area contributed by atoms with Gasteiger partial charge in [0.25, 0.3) is 11.8 Å². The molecule has 0 saturated carbocycles. The number of carbonyl (C=O) groups excluding carboxylic acids is 2. The Bertz CT molecular complexity index is 1140. The number of nitrogens with one attached hydrogen (secondary N) is 1. The second-order valence-corrected chi connectivity index (χ2v) is 7.99. The Kier molecular flexibility index (Phi) is 6.57. The van der Waals surface area contributed by atoms with Crippen LogP contribution in [0.1, 0.15) is 35.7 Å². The van der Waals surface area contributed by atoms with Gasteiger partial charge in [-0.15, -0.1) is 0 Å². The van der Waals surface area contributed by atoms with Crippen molar-refractivity contribution in [3.05, 3.63) is 58.9 Å². The van der Waals surface area contributed by atoms with Gasteiger partial charge >= 0.3 is 6.18 Å². The minimum absolute atomic E-state index is 0.145. The molecule has 1 fully saturated rings. The van der Waals surface area contributed by atoms with Crippen LogP contribution in [-0.4, -0.2) is 36.8 Å². The molecule has 34 heavy (non-hydrogen) atoms. The van der Waals surface area contributed by atoms with Crippen molar-refractivity contribution in [2.45, 2.75) is 37.6 Å². The van der Waals surface area contributed by atoms with Crippen molar-refractivity contribution in [1.82, 2.24) is 0 Å². The molecule has 184 valence electrons. The topological polar surface area (TPSA) is 90.6 Å². The fraction of sp³-hybridized carbons (Fsp3) is 0.364. The number of ether oxygens (including phenoxy) is 2. The van der Waals surface area contributed by atoms with Crippen molar-refractivity contribution in [3.63, 3.8) is 0 Å². The fourth-order valence-electron chi connectivity index (χ4n) is 4.05. The van der Waals surface area contributed by atoms with Crippen LogP contribution in [0.5, 0.6) is 5.75 Å². The quantitative estimate of drug-likeness (QED) is 0.612. The van der Waals surface area contributed by atoms with Crippen molar-refractivity contribution >= 4 is 17.5 Å². The third kappa shape index (κ3) is 4.17. The number of halogens is 6. The largest absolute Gasteiger partial charge is 0.493 e. The predicted octanol–water partition coefficient (Wildman–Crippen LogP) is 4.29. The molecule has 2 aromatic rings. The van der Waals surface area contributed by atoms with Gasteiger partial charge < -0.3 is 20.5 Å². The van der Waals surface area contributed by atoms with Gasteiger partial charge in [0.05, 0.1) is 12.7 Å². The normalized spacial score (nSPS) is 24.7. The molecule has 3 rings (SSSR count). The molecule has 3 N–H and O–H groups in total. The smallest absolute Gasteiger partial charge is 0.417 e. The summed E-state index contributed by atoms with van der Waals surface area (Å²) in [5.74, 6) is -9.46. The maximum atomic E-state index is 14.4. The van der Waals surface area contributed by atoms with Crippen LogP contribution >= 0.6 is 0 Å². The van der Waals surface area contributed by atoms with Gasteiger partial charge in [0, 0.05) is 23.1 Å². The lowest BCUT2D eigenvalue weighted by Gasteiger charge is -2.32. The summed E-state index contributed by atoms with van der Waals surface area (Å²) in [6, 6.07) is 4.53. The summed E-state index contributed by atoms with van der Waals surface area (Å²) in [7, 11) is 1.00. The molecule has 2 aromatic carbocycles. The van der Waals surface area contributed by atoms with E-state index in [4.69, 9.17) is 15.2 Å². The van der Waals surface area contributed by atoms with Crippen LogP contribution < -0.4 is 15.8 Å². The number of amides is 2. The van der Waals surface area contributed by atoms with Crippen LogP contribution in [0.25, 0.3) is 0 Å². The Hall–Kier alpha value is -3.28. The molecule has 0 spiro atoms. The van der Waals surface area contributed by atoms with E-state index in [9.17, 15) is 35.9 Å². The summed E-state index contributed by atoms with van der Waals surface area (Å²) < 4.78 is 93.8. The van der Waals surface area contributed by atoms with E-state index in [1.54, 1.807) is 0 Å². The average Bonchev–Trinajstić information content (AvgIpc) is 3.03. The van der Waals surface area contributed by atoms with E-state index in [0.717, 1.165) is 45.2 Å². The lowest BCUT2D eigenvalue weighted by molar-refractivity contribution is -0.272. The molecule has 1 saturated heterocycles. The Labute approximate surface area is 190 Å². The lowest BCUT2D eigenvalue weighted by Crippen LogP contribution is -2.47. The number of alkyl halides is 3. The van der Waals surface area contributed by atoms with Gasteiger partial charge in [-0.2, -0.15) is 17.6 Å². The number of rotatable bonds is 5. The number of benzene rings is 2. The first-order chi connectivity index (χ1) is 15.7. The fourth-order valence-corrected chi connectivity index (χ4v) is 4.05. The second kappa shape index (κ2) is 8.82. The standard InChI is InChI=1S/C22H20F6N2O4/c1-9-15(11-5-7-14(24)16(25)17(11)33-3)18(34-21(9,2)22(26,27)28)20(32)30-10-4-6-13(23)12(8-10)19(29)31/h4-9,15,18H,1-3H3,(H2,29,31)(H,30,32)/t9-,15-,18-,21-/m0/s1. The van der Waals surface area contributed by atoms with Crippen molar-refractivity contribution in [1.29, 1.82) is 0 Å². The lowest BCUT2D eigenvalue weighted by atomic mass is 9.77. The maximum absolute atomic E-state index is 14.4. The van der Waals surface area contributed by atoms with Crippen molar-refractivity contribution in [2.24, 2.45) is 11.7 Å². The van der Waals surface area contributed by atoms with Gasteiger partial charge in [-0.3, -0.25) is 9.59 Å². The molecule has 12 heteroatoms. The summed E-state index contributed by atoms with van der Waals surface area (Å²) in [4.78, 5) is 24.4. The van der Waals surface area contributed by atoms with Gasteiger partial charge in [-0.05, 0) is 31.2 Å². The van der Waals surface area contributed by atoms with E-state index in [1.165, 1.54) is 0 Å². The number of hydrogen-bond donors (Lipinski definition) is 2. The SMILES string of the molecule is COc1c([C@H]2[C@@H](C(=O)Nc3ccc(F)c(C(N)=O)c3)O[C@](C)(C(F)(F)F)[C@H]2C)ccc(F)c1F. The average molecular weight is 490 g/mol. The minimum atomic E-state index is -4.93. The van der Waals surface area contributed by atoms with E-state index >= 15 is 0 Å². The summed E-state index contributed by atoms with van der Waals surface area (Å²) in [6.07, 6.45) is -6.77. The zero-order valence-electron chi connectivity index (χ0n) is 18.1. The molecule has 0 bridgehead atoms. The molecular weight excluding hydrogens is 470 g/mol. The van der Waals surface area contributed by atoms with Crippen LogP contribution in [0.4, 0.5) is 32.0 Å². The summed E-state index contributed by atoms with van der Waals surface area (Å²) in [6.45, 7) is 1.91. The molecule has 1 aliphatic rings. The monoisotopic (exact) mass is 490 g/mol. The Morgan fingerprint density at radius 1 is 1.12 bits per heavy atom. The van der Waals surface area contributed by atoms with Gasteiger partial charge in [0.15, 0.2) is 17.2 Å². The second-order valence-electron chi connectivity index (χ2n) is 7.99. The highest BCUT2D eigenvalue weighted by Gasteiger charge is 2.65. The number of carbonyl (C=O) groups is 2. The van der Waals surface area contributed by atoms with Gasteiger partial charge in [-0.1, -0.05) is 13.0 Å². The summed E-state index contributed by atoms with van der Waals surface area (Å²) >= 11 is 0. The van der Waals surface area contributed by atoms with E-state index in [-0.39, 0.29) is 11.3 Å². The third-order valence-corrected chi connectivity index (χ3v) is 6.07. The van der Waals surface area contributed by atoms with E-state index in [0.29, 0.717) is 6.07 Å². The molecule has 4 atom stereocenters. The predicted molar refractivity (Wildman–Crippen MR) is 108 cm³/mol. The van der Waals surface area contributed by atoms with Crippen LogP contribution in [0, 0.1) is 23.4 Å². The Morgan fingerprint density at radius 2 is 1.74 bits per heavy atom. The van der Waals surface area contributed by atoms with E-state index < -0.39 is 70.3 Å². The highest BCUT2D eigenvalue weighted by Crippen LogP contribution is 2.55. The number of anilines is 1.